The van der Waals surface area contributed by atoms with E-state index in [9.17, 15) is 19.1 Å². The molecule has 2 atom stereocenters. The van der Waals surface area contributed by atoms with Gasteiger partial charge in [0.15, 0.2) is 0 Å². The van der Waals surface area contributed by atoms with Gasteiger partial charge < -0.3 is 14.6 Å². The van der Waals surface area contributed by atoms with Crippen LogP contribution in [0.1, 0.15) is 30.0 Å². The lowest BCUT2D eigenvalue weighted by Gasteiger charge is -2.35. The van der Waals surface area contributed by atoms with Crippen LogP contribution in [0.15, 0.2) is 54.6 Å². The van der Waals surface area contributed by atoms with E-state index in [2.05, 4.69) is 0 Å². The maximum Gasteiger partial charge on any atom is 0.408 e. The molecule has 1 fully saturated rings. The van der Waals surface area contributed by atoms with Gasteiger partial charge in [-0.2, -0.15) is 0 Å². The van der Waals surface area contributed by atoms with E-state index in [4.69, 9.17) is 4.74 Å². The van der Waals surface area contributed by atoms with Gasteiger partial charge in [-0.1, -0.05) is 42.5 Å². The molecule has 1 heterocycles. The highest BCUT2D eigenvalue weighted by molar-refractivity contribution is 5.77. The van der Waals surface area contributed by atoms with Gasteiger partial charge in [0, 0.05) is 0 Å². The van der Waals surface area contributed by atoms with Gasteiger partial charge in [-0.3, -0.25) is 4.90 Å². The number of halogens is 1. The smallest absolute Gasteiger partial charge is 0.408 e. The van der Waals surface area contributed by atoms with E-state index in [1.165, 1.54) is 18.2 Å². The number of benzene rings is 2. The number of hydrogen-bond donors (Lipinski definition) is 1. The predicted molar refractivity (Wildman–Crippen MR) is 93.1 cm³/mol. The largest absolute Gasteiger partial charge is 0.465 e. The minimum Gasteiger partial charge on any atom is -0.465 e. The SMILES string of the molecule is O=C[C@@]1(COCc2ccccc2)CC[C@@H](c2cccc(F)c2)N1C(=O)O. The number of amides is 1. The molecule has 0 bridgehead atoms. The molecule has 2 aromatic rings. The van der Waals surface area contributed by atoms with Crippen molar-refractivity contribution in [2.75, 3.05) is 6.61 Å². The molecule has 1 aliphatic heterocycles. The second-order valence-electron chi connectivity index (χ2n) is 6.46. The molecule has 136 valence electrons. The lowest BCUT2D eigenvalue weighted by molar-refractivity contribution is -0.121. The number of likely N-dealkylation sites (tertiary alicyclic amines) is 1. The van der Waals surface area contributed by atoms with Crippen molar-refractivity contribution in [2.45, 2.75) is 31.0 Å². The minimum absolute atomic E-state index is 0.0382. The molecule has 1 saturated heterocycles. The van der Waals surface area contributed by atoms with Crippen molar-refractivity contribution in [2.24, 2.45) is 0 Å². The zero-order valence-corrected chi connectivity index (χ0v) is 14.2. The Balaban J connectivity index is 1.79. The van der Waals surface area contributed by atoms with Gasteiger partial charge in [0.1, 0.15) is 17.6 Å². The summed E-state index contributed by atoms with van der Waals surface area (Å²) >= 11 is 0. The fraction of sp³-hybridized carbons (Fsp3) is 0.300. The Morgan fingerprint density at radius 2 is 2.04 bits per heavy atom. The first-order valence-corrected chi connectivity index (χ1v) is 8.41. The third-order valence-electron chi connectivity index (χ3n) is 4.76. The van der Waals surface area contributed by atoms with E-state index in [0.29, 0.717) is 24.7 Å². The molecule has 0 aliphatic carbocycles. The summed E-state index contributed by atoms with van der Waals surface area (Å²) in [6.07, 6.45) is 0.195. The number of hydrogen-bond acceptors (Lipinski definition) is 3. The van der Waals surface area contributed by atoms with Crippen molar-refractivity contribution < 1.29 is 23.8 Å². The lowest BCUT2D eigenvalue weighted by atomic mass is 9.99. The number of aldehydes is 1. The van der Waals surface area contributed by atoms with Crippen LogP contribution < -0.4 is 0 Å². The van der Waals surface area contributed by atoms with E-state index < -0.39 is 23.5 Å². The van der Waals surface area contributed by atoms with E-state index in [0.717, 1.165) is 10.5 Å². The van der Waals surface area contributed by atoms with Crippen LogP contribution in [0.25, 0.3) is 0 Å². The summed E-state index contributed by atoms with van der Waals surface area (Å²) in [7, 11) is 0. The molecule has 0 unspecified atom stereocenters. The second-order valence-corrected chi connectivity index (χ2v) is 6.46. The third kappa shape index (κ3) is 3.60. The summed E-state index contributed by atoms with van der Waals surface area (Å²) in [5.74, 6) is -0.434. The molecule has 6 heteroatoms. The predicted octanol–water partition coefficient (Wildman–Crippen LogP) is 3.80. The van der Waals surface area contributed by atoms with Crippen LogP contribution in [0.2, 0.25) is 0 Å². The van der Waals surface area contributed by atoms with Gasteiger partial charge in [-0.25, -0.2) is 9.18 Å². The van der Waals surface area contributed by atoms with Gasteiger partial charge in [0.2, 0.25) is 0 Å². The molecule has 0 aromatic heterocycles. The van der Waals surface area contributed by atoms with Crippen LogP contribution in [-0.2, 0) is 16.1 Å². The number of carbonyl (C=O) groups is 2. The third-order valence-corrected chi connectivity index (χ3v) is 4.76. The lowest BCUT2D eigenvalue weighted by Crippen LogP contribution is -2.52. The van der Waals surface area contributed by atoms with Crippen molar-refractivity contribution in [3.63, 3.8) is 0 Å². The fourth-order valence-electron chi connectivity index (χ4n) is 3.51. The summed E-state index contributed by atoms with van der Waals surface area (Å²) < 4.78 is 19.2. The van der Waals surface area contributed by atoms with Crippen LogP contribution >= 0.6 is 0 Å². The molecule has 1 amide bonds. The average Bonchev–Trinajstić information content (AvgIpc) is 3.03. The monoisotopic (exact) mass is 357 g/mol. The highest BCUT2D eigenvalue weighted by Gasteiger charge is 2.50. The number of carboxylic acid groups (broad SMARTS) is 1. The standard InChI is InChI=1S/C20H20FNO4/c21-17-8-4-7-16(11-17)18-9-10-20(13-23,22(18)19(24)25)14-26-12-15-5-2-1-3-6-15/h1-8,11,13,18H,9-10,12,14H2,(H,24,25)/t18-,20+/m0/s1. The van der Waals surface area contributed by atoms with Gasteiger partial charge in [0.05, 0.1) is 19.3 Å². The minimum atomic E-state index is -1.27. The summed E-state index contributed by atoms with van der Waals surface area (Å²) in [6.45, 7) is 0.248. The number of nitrogens with zero attached hydrogens (tertiary/aromatic N) is 1. The van der Waals surface area contributed by atoms with E-state index in [-0.39, 0.29) is 13.2 Å². The maximum absolute atomic E-state index is 13.6. The molecular formula is C20H20FNO4. The molecule has 3 rings (SSSR count). The molecule has 1 N–H and O–H groups in total. The average molecular weight is 357 g/mol. The van der Waals surface area contributed by atoms with Gasteiger partial charge in [0.25, 0.3) is 0 Å². The first-order valence-electron chi connectivity index (χ1n) is 8.41. The van der Waals surface area contributed by atoms with Gasteiger partial charge >= 0.3 is 6.09 Å². The Morgan fingerprint density at radius 3 is 2.69 bits per heavy atom. The Hall–Kier alpha value is -2.73. The van der Waals surface area contributed by atoms with Crippen LogP contribution in [-0.4, -0.2) is 34.5 Å². The topological polar surface area (TPSA) is 66.8 Å². The molecule has 1 aliphatic rings. The maximum atomic E-state index is 13.6. The quantitative estimate of drug-likeness (QED) is 0.799. The zero-order chi connectivity index (χ0) is 18.6. The van der Waals surface area contributed by atoms with Gasteiger partial charge in [-0.05, 0) is 36.1 Å². The molecule has 5 nitrogen and oxygen atoms in total. The van der Waals surface area contributed by atoms with Crippen molar-refractivity contribution in [1.29, 1.82) is 0 Å². The normalized spacial score (nSPS) is 22.3. The fourth-order valence-corrected chi connectivity index (χ4v) is 3.51. The van der Waals surface area contributed by atoms with E-state index in [1.54, 1.807) is 6.07 Å². The molecule has 0 saturated carbocycles. The van der Waals surface area contributed by atoms with Crippen molar-refractivity contribution in [1.82, 2.24) is 4.90 Å². The van der Waals surface area contributed by atoms with Crippen LogP contribution in [0, 0.1) is 5.82 Å². The zero-order valence-electron chi connectivity index (χ0n) is 14.2. The first-order chi connectivity index (χ1) is 12.6. The first kappa shape index (κ1) is 18.1. The molecule has 0 radical (unpaired) electrons. The Morgan fingerprint density at radius 1 is 1.27 bits per heavy atom. The Labute approximate surface area is 151 Å². The number of ether oxygens (including phenoxy) is 1. The highest BCUT2D eigenvalue weighted by atomic mass is 19.1. The van der Waals surface area contributed by atoms with Crippen molar-refractivity contribution in [3.8, 4) is 0 Å². The van der Waals surface area contributed by atoms with Crippen LogP contribution in [0.3, 0.4) is 0 Å². The number of rotatable bonds is 6. The van der Waals surface area contributed by atoms with Crippen LogP contribution in [0.4, 0.5) is 9.18 Å². The molecular weight excluding hydrogens is 337 g/mol. The molecule has 26 heavy (non-hydrogen) atoms. The van der Waals surface area contributed by atoms with Gasteiger partial charge in [-0.15, -0.1) is 0 Å². The van der Waals surface area contributed by atoms with Crippen molar-refractivity contribution in [3.05, 3.63) is 71.5 Å². The Kier molecular flexibility index (Phi) is 5.32. The van der Waals surface area contributed by atoms with Crippen molar-refractivity contribution >= 4 is 12.4 Å². The highest BCUT2D eigenvalue weighted by Crippen LogP contribution is 2.42. The Bertz CT molecular complexity index is 782. The van der Waals surface area contributed by atoms with E-state index >= 15 is 0 Å². The molecule has 2 aromatic carbocycles. The summed E-state index contributed by atoms with van der Waals surface area (Å²) in [5, 5.41) is 9.72. The number of carbonyl (C=O) groups excluding carboxylic acids is 1. The van der Waals surface area contributed by atoms with E-state index in [1.807, 2.05) is 30.3 Å². The van der Waals surface area contributed by atoms with Crippen LogP contribution in [0.5, 0.6) is 0 Å². The molecule has 0 spiro atoms. The summed E-state index contributed by atoms with van der Waals surface area (Å²) in [5.41, 5.74) is 0.215. The summed E-state index contributed by atoms with van der Waals surface area (Å²) in [4.78, 5) is 24.9. The summed E-state index contributed by atoms with van der Waals surface area (Å²) in [6, 6.07) is 14.7. The second kappa shape index (κ2) is 7.66.